The summed E-state index contributed by atoms with van der Waals surface area (Å²) in [4.78, 5) is 9.81. The molecule has 2 aliphatic heterocycles. The van der Waals surface area contributed by atoms with Crippen LogP contribution in [0.4, 0.5) is 5.69 Å². The van der Waals surface area contributed by atoms with E-state index in [4.69, 9.17) is 4.99 Å². The molecule has 0 amide bonds. The van der Waals surface area contributed by atoms with Crippen LogP contribution >= 0.6 is 15.9 Å². The third-order valence-corrected chi connectivity index (χ3v) is 8.22. The predicted octanol–water partition coefficient (Wildman–Crippen LogP) is 7.27. The van der Waals surface area contributed by atoms with Crippen molar-refractivity contribution in [1.82, 2.24) is 4.90 Å². The molecular weight excluding hydrogens is 494 g/mol. The number of halogens is 1. The Balaban J connectivity index is 1.27. The molecule has 3 nitrogen and oxygen atoms in total. The maximum absolute atomic E-state index is 4.78. The second-order valence-corrected chi connectivity index (χ2v) is 10.9. The number of piperidine rings is 1. The number of benzene rings is 3. The molecular formula is C31H32BrN3. The van der Waals surface area contributed by atoms with E-state index in [0.717, 1.165) is 17.3 Å². The van der Waals surface area contributed by atoms with Crippen molar-refractivity contribution in [2.24, 2.45) is 4.99 Å². The summed E-state index contributed by atoms with van der Waals surface area (Å²) in [6.07, 6.45) is 8.32. The van der Waals surface area contributed by atoms with Crippen LogP contribution in [0.1, 0.15) is 53.9 Å². The largest absolute Gasteiger partial charge is 0.321 e. The highest BCUT2D eigenvalue weighted by Crippen LogP contribution is 2.45. The number of rotatable bonds is 5. The molecule has 1 aliphatic carbocycles. The van der Waals surface area contributed by atoms with Crippen molar-refractivity contribution < 1.29 is 0 Å². The number of aliphatic imine (C=N–C) groups is 1. The minimum atomic E-state index is 0.339. The van der Waals surface area contributed by atoms with Crippen LogP contribution in [0.25, 0.3) is 5.70 Å². The Morgan fingerprint density at radius 3 is 2.54 bits per heavy atom. The molecule has 0 N–H and O–H groups in total. The Hall–Kier alpha value is -2.69. The Morgan fingerprint density at radius 2 is 1.71 bits per heavy atom. The van der Waals surface area contributed by atoms with Crippen molar-refractivity contribution in [2.45, 2.75) is 38.0 Å². The molecule has 6 rings (SSSR count). The molecule has 35 heavy (non-hydrogen) atoms. The number of allylic oxidation sites excluding steroid dienone is 1. The van der Waals surface area contributed by atoms with Gasteiger partial charge in [-0.25, -0.2) is 0 Å². The van der Waals surface area contributed by atoms with Gasteiger partial charge in [0.15, 0.2) is 0 Å². The first-order valence-electron chi connectivity index (χ1n) is 12.9. The summed E-state index contributed by atoms with van der Waals surface area (Å²) in [6, 6.07) is 26.9. The Bertz CT molecular complexity index is 1250. The van der Waals surface area contributed by atoms with E-state index < -0.39 is 0 Å². The van der Waals surface area contributed by atoms with Crippen molar-refractivity contribution >= 4 is 33.5 Å². The number of fused-ring (bicyclic) bond motifs is 2. The van der Waals surface area contributed by atoms with E-state index in [9.17, 15) is 0 Å². The molecule has 3 aromatic carbocycles. The summed E-state index contributed by atoms with van der Waals surface area (Å²) in [6.45, 7) is 4.37. The molecule has 0 spiro atoms. The third kappa shape index (κ3) is 4.74. The average Bonchev–Trinajstić information content (AvgIpc) is 2.92. The van der Waals surface area contributed by atoms with Gasteiger partial charge >= 0.3 is 0 Å². The van der Waals surface area contributed by atoms with E-state index in [0.29, 0.717) is 12.6 Å². The second-order valence-electron chi connectivity index (χ2n) is 9.97. The number of likely N-dealkylation sites (tertiary alicyclic amines) is 1. The summed E-state index contributed by atoms with van der Waals surface area (Å²) in [5, 5.41) is 0. The predicted molar refractivity (Wildman–Crippen MR) is 150 cm³/mol. The Kier molecular flexibility index (Phi) is 6.58. The maximum Gasteiger partial charge on any atom is 0.114 e. The fourth-order valence-corrected chi connectivity index (χ4v) is 6.31. The maximum atomic E-state index is 4.78. The lowest BCUT2D eigenvalue weighted by Gasteiger charge is -2.37. The molecule has 0 saturated carbocycles. The van der Waals surface area contributed by atoms with Crippen molar-refractivity contribution in [3.8, 4) is 0 Å². The van der Waals surface area contributed by atoms with Gasteiger partial charge in [0.05, 0.1) is 5.70 Å². The summed E-state index contributed by atoms with van der Waals surface area (Å²) in [5.41, 5.74) is 9.39. The minimum Gasteiger partial charge on any atom is -0.321 e. The fraction of sp³-hybridized carbons (Fsp3) is 0.323. The first-order valence-corrected chi connectivity index (χ1v) is 13.7. The molecule has 2 heterocycles. The van der Waals surface area contributed by atoms with Gasteiger partial charge in [0.1, 0.15) is 6.67 Å². The van der Waals surface area contributed by atoms with Crippen LogP contribution in [0.3, 0.4) is 0 Å². The molecule has 1 atom stereocenters. The van der Waals surface area contributed by atoms with Crippen LogP contribution < -0.4 is 4.90 Å². The topological polar surface area (TPSA) is 18.8 Å². The highest BCUT2D eigenvalue weighted by molar-refractivity contribution is 9.10. The highest BCUT2D eigenvalue weighted by atomic mass is 79.9. The molecule has 3 aromatic rings. The second kappa shape index (κ2) is 10.1. The first-order chi connectivity index (χ1) is 17.3. The van der Waals surface area contributed by atoms with Gasteiger partial charge in [-0.3, -0.25) is 4.99 Å². The third-order valence-electron chi connectivity index (χ3n) is 7.72. The molecule has 0 aromatic heterocycles. The number of nitrogens with zero attached hydrogens (tertiary/aromatic N) is 3. The van der Waals surface area contributed by atoms with Crippen LogP contribution in [0.5, 0.6) is 0 Å². The van der Waals surface area contributed by atoms with E-state index in [1.54, 1.807) is 0 Å². The van der Waals surface area contributed by atoms with E-state index in [-0.39, 0.29) is 0 Å². The molecule has 178 valence electrons. The lowest BCUT2D eigenvalue weighted by molar-refractivity contribution is 0.231. The Morgan fingerprint density at radius 1 is 0.886 bits per heavy atom. The van der Waals surface area contributed by atoms with Crippen LogP contribution in [-0.4, -0.2) is 37.4 Å². The number of hydrogen-bond acceptors (Lipinski definition) is 3. The van der Waals surface area contributed by atoms with Gasteiger partial charge < -0.3 is 9.80 Å². The Labute approximate surface area is 217 Å². The van der Waals surface area contributed by atoms with Gasteiger partial charge in [-0.05, 0) is 85.3 Å². The quantitative estimate of drug-likeness (QED) is 0.348. The lowest BCUT2D eigenvalue weighted by atomic mass is 9.77. The summed E-state index contributed by atoms with van der Waals surface area (Å²) in [5.74, 6) is 0.339. The normalized spacial score (nSPS) is 20.0. The van der Waals surface area contributed by atoms with E-state index in [1.807, 2.05) is 0 Å². The zero-order valence-corrected chi connectivity index (χ0v) is 21.8. The summed E-state index contributed by atoms with van der Waals surface area (Å²) >= 11 is 3.67. The van der Waals surface area contributed by atoms with Gasteiger partial charge in [-0.15, -0.1) is 0 Å². The van der Waals surface area contributed by atoms with Crippen LogP contribution in [0.2, 0.25) is 0 Å². The summed E-state index contributed by atoms with van der Waals surface area (Å²) in [7, 11) is 0. The molecule has 1 saturated heterocycles. The standard InChI is InChI=1S/C31H32BrN3/c32-26-8-6-7-24(19-26)30-20-25-21-33-22-35(31(25)29-10-3-2-9-28(29)30)27-13-11-23(12-14-27)15-18-34-16-4-1-5-17-34/h2-3,6-14,19,21,30H,1,4-5,15-18,20,22H2. The molecule has 1 unspecified atom stereocenters. The van der Waals surface area contributed by atoms with Gasteiger partial charge in [0.2, 0.25) is 0 Å². The monoisotopic (exact) mass is 525 g/mol. The van der Waals surface area contributed by atoms with Crippen LogP contribution in [-0.2, 0) is 6.42 Å². The van der Waals surface area contributed by atoms with E-state index in [2.05, 4.69) is 105 Å². The van der Waals surface area contributed by atoms with Crippen LogP contribution in [0.15, 0.2) is 87.8 Å². The SMILES string of the molecule is Brc1cccc(C2CC3=C(c4ccccc42)N(c2ccc(CCN4CCCCC4)cc2)CN=C3)c1. The molecule has 0 radical (unpaired) electrons. The zero-order chi connectivity index (χ0) is 23.6. The van der Waals surface area contributed by atoms with Gasteiger partial charge in [-0.1, -0.05) is 70.9 Å². The number of anilines is 1. The number of hydrogen-bond donors (Lipinski definition) is 0. The van der Waals surface area contributed by atoms with Gasteiger partial charge in [0, 0.05) is 34.4 Å². The molecule has 4 heteroatoms. The van der Waals surface area contributed by atoms with Crippen molar-refractivity contribution in [3.05, 3.63) is 105 Å². The first kappa shape index (κ1) is 22.8. The highest BCUT2D eigenvalue weighted by Gasteiger charge is 2.31. The zero-order valence-electron chi connectivity index (χ0n) is 20.2. The van der Waals surface area contributed by atoms with Crippen molar-refractivity contribution in [2.75, 3.05) is 31.2 Å². The van der Waals surface area contributed by atoms with Gasteiger partial charge in [-0.2, -0.15) is 0 Å². The van der Waals surface area contributed by atoms with Crippen molar-refractivity contribution in [3.63, 3.8) is 0 Å². The van der Waals surface area contributed by atoms with Crippen molar-refractivity contribution in [1.29, 1.82) is 0 Å². The molecule has 0 bridgehead atoms. The minimum absolute atomic E-state index is 0.339. The average molecular weight is 527 g/mol. The van der Waals surface area contributed by atoms with E-state index in [1.165, 1.54) is 78.1 Å². The van der Waals surface area contributed by atoms with Crippen LogP contribution in [0, 0.1) is 0 Å². The van der Waals surface area contributed by atoms with E-state index >= 15 is 0 Å². The van der Waals surface area contributed by atoms with Gasteiger partial charge in [0.25, 0.3) is 0 Å². The summed E-state index contributed by atoms with van der Waals surface area (Å²) < 4.78 is 1.13. The fourth-order valence-electron chi connectivity index (χ4n) is 5.90. The lowest BCUT2D eigenvalue weighted by Crippen LogP contribution is -2.31. The molecule has 3 aliphatic rings. The molecule has 1 fully saturated rings. The smallest absolute Gasteiger partial charge is 0.114 e.